The van der Waals surface area contributed by atoms with Gasteiger partial charge in [-0.05, 0) is 12.1 Å². The van der Waals surface area contributed by atoms with Crippen molar-refractivity contribution in [3.8, 4) is 0 Å². The predicted molar refractivity (Wildman–Crippen MR) is 60.1 cm³/mol. The topological polar surface area (TPSA) is 69.4 Å². The molecule has 5 nitrogen and oxygen atoms in total. The Morgan fingerprint density at radius 3 is 2.89 bits per heavy atom. The van der Waals surface area contributed by atoms with Crippen LogP contribution in [0.15, 0.2) is 18.2 Å². The molecule has 1 aromatic rings. The highest BCUT2D eigenvalue weighted by atomic mass is 35.5. The third kappa shape index (κ3) is 2.76. The number of benzene rings is 1. The summed E-state index contributed by atoms with van der Waals surface area (Å²) in [5.41, 5.74) is 0.463. The normalized spacial score (nSPS) is 21.4. The van der Waals surface area contributed by atoms with Gasteiger partial charge in [-0.3, -0.25) is 14.9 Å². The molecule has 0 aliphatic heterocycles. The minimum Gasteiger partial charge on any atom is -0.460 e. The van der Waals surface area contributed by atoms with E-state index in [-0.39, 0.29) is 18.1 Å². The molecule has 1 saturated carbocycles. The molecule has 1 aliphatic rings. The summed E-state index contributed by atoms with van der Waals surface area (Å²) in [4.78, 5) is 21.3. The number of nitrogens with zero attached hydrogens (tertiary/aromatic N) is 1. The van der Waals surface area contributed by atoms with E-state index in [4.69, 9.17) is 16.3 Å². The average molecular weight is 274 g/mol. The third-order valence-corrected chi connectivity index (χ3v) is 3.07. The van der Waals surface area contributed by atoms with E-state index in [1.54, 1.807) is 0 Å². The fourth-order valence-electron chi connectivity index (χ4n) is 1.56. The maximum atomic E-state index is 12.8. The Kier molecular flexibility index (Phi) is 3.47. The number of hydrogen-bond donors (Lipinski definition) is 0. The quantitative estimate of drug-likeness (QED) is 0.479. The van der Waals surface area contributed by atoms with Crippen molar-refractivity contribution in [1.29, 1.82) is 0 Å². The van der Waals surface area contributed by atoms with Crippen molar-refractivity contribution >= 4 is 17.6 Å². The lowest BCUT2D eigenvalue weighted by Gasteiger charge is -2.05. The molecule has 18 heavy (non-hydrogen) atoms. The van der Waals surface area contributed by atoms with Gasteiger partial charge in [0.2, 0.25) is 6.04 Å². The van der Waals surface area contributed by atoms with Crippen LogP contribution in [0.4, 0.5) is 4.39 Å². The zero-order chi connectivity index (χ0) is 13.3. The first kappa shape index (κ1) is 12.8. The van der Waals surface area contributed by atoms with E-state index in [1.807, 2.05) is 0 Å². The molecule has 0 spiro atoms. The van der Waals surface area contributed by atoms with Gasteiger partial charge in [0.15, 0.2) is 0 Å². The summed E-state index contributed by atoms with van der Waals surface area (Å²) >= 11 is 5.75. The molecule has 0 amide bonds. The fraction of sp³-hybridized carbons (Fsp3) is 0.364. The number of carbonyl (C=O) groups excluding carboxylic acids is 1. The van der Waals surface area contributed by atoms with Gasteiger partial charge in [-0.25, -0.2) is 4.39 Å². The number of rotatable bonds is 4. The summed E-state index contributed by atoms with van der Waals surface area (Å²) in [6, 6.07) is 2.89. The summed E-state index contributed by atoms with van der Waals surface area (Å²) in [6.45, 7) is -0.112. The fourth-order valence-corrected chi connectivity index (χ4v) is 1.78. The summed E-state index contributed by atoms with van der Waals surface area (Å²) < 4.78 is 17.7. The molecule has 0 radical (unpaired) electrons. The average Bonchev–Trinajstić information content (AvgIpc) is 3.07. The van der Waals surface area contributed by atoms with E-state index < -0.39 is 28.7 Å². The van der Waals surface area contributed by atoms with Gasteiger partial charge < -0.3 is 4.74 Å². The Hall–Kier alpha value is -1.69. The van der Waals surface area contributed by atoms with Crippen molar-refractivity contribution < 1.29 is 18.8 Å². The molecule has 2 unspecified atom stereocenters. The highest BCUT2D eigenvalue weighted by molar-refractivity contribution is 6.31. The Bertz CT molecular complexity index is 508. The van der Waals surface area contributed by atoms with Gasteiger partial charge in [0, 0.05) is 16.9 Å². The SMILES string of the molecule is O=C(OCc1ccc(F)cc1Cl)C1CC1[N+](=O)[O-]. The van der Waals surface area contributed by atoms with Crippen LogP contribution in [0.5, 0.6) is 0 Å². The minimum absolute atomic E-state index is 0.112. The lowest BCUT2D eigenvalue weighted by molar-refractivity contribution is -0.497. The molecule has 7 heteroatoms. The summed E-state index contributed by atoms with van der Waals surface area (Å²) in [5.74, 6) is -1.76. The van der Waals surface area contributed by atoms with Gasteiger partial charge in [0.05, 0.1) is 5.02 Å². The van der Waals surface area contributed by atoms with Gasteiger partial charge in [-0.2, -0.15) is 0 Å². The number of carbonyl (C=O) groups is 1. The van der Waals surface area contributed by atoms with Crippen LogP contribution in [0, 0.1) is 21.8 Å². The standard InChI is InChI=1S/C11H9ClFNO4/c12-9-3-7(13)2-1-6(9)5-18-11(15)8-4-10(8)14(16)17/h1-3,8,10H,4-5H2. The van der Waals surface area contributed by atoms with Gasteiger partial charge in [-0.1, -0.05) is 17.7 Å². The lowest BCUT2D eigenvalue weighted by atomic mass is 10.2. The Labute approximate surface area is 107 Å². The van der Waals surface area contributed by atoms with E-state index in [2.05, 4.69) is 0 Å². The largest absolute Gasteiger partial charge is 0.460 e. The maximum Gasteiger partial charge on any atom is 0.316 e. The van der Waals surface area contributed by atoms with Crippen molar-refractivity contribution in [1.82, 2.24) is 0 Å². The first-order chi connectivity index (χ1) is 8.49. The number of halogens is 2. The third-order valence-electron chi connectivity index (χ3n) is 2.72. The highest BCUT2D eigenvalue weighted by Crippen LogP contribution is 2.34. The van der Waals surface area contributed by atoms with Crippen LogP contribution in [0.3, 0.4) is 0 Å². The predicted octanol–water partition coefficient (Wildman–Crippen LogP) is 2.19. The minimum atomic E-state index is -0.832. The number of ether oxygens (including phenoxy) is 1. The molecule has 1 aromatic carbocycles. The van der Waals surface area contributed by atoms with Crippen molar-refractivity contribution in [2.45, 2.75) is 19.1 Å². The van der Waals surface area contributed by atoms with Crippen LogP contribution in [0.1, 0.15) is 12.0 Å². The zero-order valence-corrected chi connectivity index (χ0v) is 9.89. The molecule has 1 fully saturated rings. The van der Waals surface area contributed by atoms with E-state index in [0.29, 0.717) is 5.56 Å². The molecule has 96 valence electrons. The number of esters is 1. The molecule has 1 aliphatic carbocycles. The second-order valence-corrected chi connectivity index (χ2v) is 4.45. The monoisotopic (exact) mass is 273 g/mol. The second kappa shape index (κ2) is 4.89. The summed E-state index contributed by atoms with van der Waals surface area (Å²) in [7, 11) is 0. The van der Waals surface area contributed by atoms with Crippen molar-refractivity contribution in [2.24, 2.45) is 5.92 Å². The van der Waals surface area contributed by atoms with Crippen LogP contribution >= 0.6 is 11.6 Å². The highest BCUT2D eigenvalue weighted by Gasteiger charge is 2.54. The molecule has 0 aromatic heterocycles. The molecule has 0 N–H and O–H groups in total. The molecular weight excluding hydrogens is 265 g/mol. The van der Waals surface area contributed by atoms with Crippen LogP contribution in [-0.4, -0.2) is 16.9 Å². The molecule has 2 atom stereocenters. The first-order valence-electron chi connectivity index (χ1n) is 5.23. The first-order valence-corrected chi connectivity index (χ1v) is 5.61. The number of nitro groups is 1. The van der Waals surface area contributed by atoms with Crippen molar-refractivity contribution in [2.75, 3.05) is 0 Å². The molecule has 0 heterocycles. The van der Waals surface area contributed by atoms with Crippen LogP contribution in [0.2, 0.25) is 5.02 Å². The smallest absolute Gasteiger partial charge is 0.316 e. The van der Waals surface area contributed by atoms with Gasteiger partial charge >= 0.3 is 5.97 Å². The maximum absolute atomic E-state index is 12.8. The van der Waals surface area contributed by atoms with Crippen LogP contribution in [0.25, 0.3) is 0 Å². The van der Waals surface area contributed by atoms with Gasteiger partial charge in [0.1, 0.15) is 18.3 Å². The van der Waals surface area contributed by atoms with Crippen molar-refractivity contribution in [3.05, 3.63) is 44.7 Å². The van der Waals surface area contributed by atoms with E-state index in [0.717, 1.165) is 6.07 Å². The van der Waals surface area contributed by atoms with Crippen LogP contribution in [-0.2, 0) is 16.1 Å². The summed E-state index contributed by atoms with van der Waals surface area (Å²) in [6.07, 6.45) is 0.211. The second-order valence-electron chi connectivity index (χ2n) is 4.04. The van der Waals surface area contributed by atoms with Gasteiger partial charge in [-0.15, -0.1) is 0 Å². The molecule has 0 saturated heterocycles. The Morgan fingerprint density at radius 1 is 1.61 bits per heavy atom. The Morgan fingerprint density at radius 2 is 2.33 bits per heavy atom. The summed E-state index contributed by atoms with van der Waals surface area (Å²) in [5, 5.41) is 10.5. The van der Waals surface area contributed by atoms with E-state index >= 15 is 0 Å². The van der Waals surface area contributed by atoms with E-state index in [9.17, 15) is 19.3 Å². The molecular formula is C11H9ClFNO4. The molecule has 0 bridgehead atoms. The lowest BCUT2D eigenvalue weighted by Crippen LogP contribution is -2.13. The van der Waals surface area contributed by atoms with Crippen LogP contribution < -0.4 is 0 Å². The van der Waals surface area contributed by atoms with Gasteiger partial charge in [0.25, 0.3) is 0 Å². The van der Waals surface area contributed by atoms with Crippen molar-refractivity contribution in [3.63, 3.8) is 0 Å². The van der Waals surface area contributed by atoms with E-state index in [1.165, 1.54) is 12.1 Å². The zero-order valence-electron chi connectivity index (χ0n) is 9.14. The molecule has 2 rings (SSSR count). The number of hydrogen-bond acceptors (Lipinski definition) is 4. The Balaban J connectivity index is 1.89.